The molecular formula is C20H18N4O3. The number of anilines is 2. The number of hydrogen-bond donors (Lipinski definition) is 2. The number of rotatable bonds is 4. The minimum absolute atomic E-state index is 0.0166. The standard InChI is InChI=1S/C20H18N4O3/c25-18(9-10-20-23-16-3-1-2-4-17(16)27-20)22-14-5-7-15(8-6-14)24-12-11-21-19(26)13-24/h1-10H,11-13H2,(H,21,26)(H,22,25)/b10-9-. The van der Waals surface area contributed by atoms with Crippen LogP contribution in [0.15, 0.2) is 59.0 Å². The minimum Gasteiger partial charge on any atom is -0.437 e. The van der Waals surface area contributed by atoms with E-state index in [1.165, 1.54) is 12.2 Å². The van der Waals surface area contributed by atoms with Crippen molar-refractivity contribution >= 4 is 40.4 Å². The molecule has 1 aliphatic heterocycles. The molecule has 2 heterocycles. The molecule has 4 rings (SSSR count). The lowest BCUT2D eigenvalue weighted by Gasteiger charge is -2.28. The lowest BCUT2D eigenvalue weighted by molar-refractivity contribution is -0.120. The van der Waals surface area contributed by atoms with Crippen LogP contribution >= 0.6 is 0 Å². The molecular weight excluding hydrogens is 344 g/mol. The SMILES string of the molecule is O=C(/C=C\c1nc2ccccc2o1)Nc1ccc(N2CCNC(=O)C2)cc1. The summed E-state index contributed by atoms with van der Waals surface area (Å²) in [6.07, 6.45) is 2.92. The van der Waals surface area contributed by atoms with E-state index in [2.05, 4.69) is 15.6 Å². The number of benzene rings is 2. The average Bonchev–Trinajstić information content (AvgIpc) is 3.10. The van der Waals surface area contributed by atoms with E-state index in [-0.39, 0.29) is 11.8 Å². The van der Waals surface area contributed by atoms with Gasteiger partial charge in [-0.25, -0.2) is 4.98 Å². The Balaban J connectivity index is 1.38. The van der Waals surface area contributed by atoms with Crippen molar-refractivity contribution < 1.29 is 14.0 Å². The van der Waals surface area contributed by atoms with Crippen LogP contribution in [0.4, 0.5) is 11.4 Å². The molecule has 2 amide bonds. The third kappa shape index (κ3) is 3.98. The summed E-state index contributed by atoms with van der Waals surface area (Å²) in [7, 11) is 0. The number of fused-ring (bicyclic) bond motifs is 1. The van der Waals surface area contributed by atoms with Gasteiger partial charge in [0.2, 0.25) is 17.7 Å². The van der Waals surface area contributed by atoms with Gasteiger partial charge in [0.15, 0.2) is 5.58 Å². The average molecular weight is 362 g/mol. The van der Waals surface area contributed by atoms with Crippen LogP contribution < -0.4 is 15.5 Å². The molecule has 7 nitrogen and oxygen atoms in total. The molecule has 0 unspecified atom stereocenters. The lowest BCUT2D eigenvalue weighted by atomic mass is 10.2. The molecule has 1 fully saturated rings. The van der Waals surface area contributed by atoms with E-state index in [9.17, 15) is 9.59 Å². The van der Waals surface area contributed by atoms with Gasteiger partial charge < -0.3 is 20.0 Å². The smallest absolute Gasteiger partial charge is 0.248 e. The Morgan fingerprint density at radius 3 is 2.78 bits per heavy atom. The summed E-state index contributed by atoms with van der Waals surface area (Å²) in [6, 6.07) is 14.8. The molecule has 0 spiro atoms. The van der Waals surface area contributed by atoms with Crippen molar-refractivity contribution in [3.05, 3.63) is 60.5 Å². The fourth-order valence-corrected chi connectivity index (χ4v) is 2.91. The Morgan fingerprint density at radius 2 is 2.00 bits per heavy atom. The van der Waals surface area contributed by atoms with Gasteiger partial charge in [0.05, 0.1) is 6.54 Å². The second-order valence-corrected chi connectivity index (χ2v) is 6.16. The van der Waals surface area contributed by atoms with Crippen LogP contribution in [-0.2, 0) is 9.59 Å². The highest BCUT2D eigenvalue weighted by atomic mass is 16.3. The Morgan fingerprint density at radius 1 is 1.19 bits per heavy atom. The summed E-state index contributed by atoms with van der Waals surface area (Å²) in [5, 5.41) is 5.59. The van der Waals surface area contributed by atoms with Crippen molar-refractivity contribution in [2.75, 3.05) is 29.9 Å². The number of amides is 2. The van der Waals surface area contributed by atoms with Gasteiger partial charge in [-0.15, -0.1) is 0 Å². The molecule has 3 aromatic rings. The van der Waals surface area contributed by atoms with E-state index < -0.39 is 0 Å². The molecule has 2 aromatic carbocycles. The highest BCUT2D eigenvalue weighted by Crippen LogP contribution is 2.19. The van der Waals surface area contributed by atoms with Gasteiger partial charge in [-0.1, -0.05) is 12.1 Å². The van der Waals surface area contributed by atoms with Crippen LogP contribution in [0.3, 0.4) is 0 Å². The molecule has 27 heavy (non-hydrogen) atoms. The summed E-state index contributed by atoms with van der Waals surface area (Å²) >= 11 is 0. The molecule has 1 aliphatic rings. The normalized spacial score (nSPS) is 14.5. The fourth-order valence-electron chi connectivity index (χ4n) is 2.91. The molecule has 7 heteroatoms. The molecule has 0 radical (unpaired) electrons. The summed E-state index contributed by atoms with van der Waals surface area (Å²) in [6.45, 7) is 1.75. The maximum absolute atomic E-state index is 12.1. The van der Waals surface area contributed by atoms with E-state index in [1.807, 2.05) is 53.4 Å². The van der Waals surface area contributed by atoms with Gasteiger partial charge in [-0.2, -0.15) is 0 Å². The third-order valence-electron chi connectivity index (χ3n) is 4.23. The van der Waals surface area contributed by atoms with E-state index in [1.54, 1.807) is 0 Å². The van der Waals surface area contributed by atoms with Crippen molar-refractivity contribution in [1.82, 2.24) is 10.3 Å². The number of aromatic nitrogens is 1. The largest absolute Gasteiger partial charge is 0.437 e. The van der Waals surface area contributed by atoms with E-state index >= 15 is 0 Å². The van der Waals surface area contributed by atoms with Gasteiger partial charge >= 0.3 is 0 Å². The minimum atomic E-state index is -0.276. The zero-order chi connectivity index (χ0) is 18.6. The van der Waals surface area contributed by atoms with Crippen LogP contribution in [-0.4, -0.2) is 36.4 Å². The first kappa shape index (κ1) is 16.8. The second kappa shape index (κ2) is 7.33. The molecule has 0 atom stereocenters. The van der Waals surface area contributed by atoms with Crippen molar-refractivity contribution in [3.63, 3.8) is 0 Å². The van der Waals surface area contributed by atoms with Gasteiger partial charge in [-0.05, 0) is 36.4 Å². The molecule has 0 aliphatic carbocycles. The Hall–Kier alpha value is -3.61. The van der Waals surface area contributed by atoms with Crippen LogP contribution in [0.1, 0.15) is 5.89 Å². The molecule has 0 bridgehead atoms. The predicted molar refractivity (Wildman–Crippen MR) is 103 cm³/mol. The quantitative estimate of drug-likeness (QED) is 0.696. The Bertz CT molecular complexity index is 974. The van der Waals surface area contributed by atoms with Crippen LogP contribution in [0.25, 0.3) is 17.2 Å². The van der Waals surface area contributed by atoms with Gasteiger partial charge in [-0.3, -0.25) is 9.59 Å². The number of nitrogens with one attached hydrogen (secondary N) is 2. The number of nitrogens with zero attached hydrogens (tertiary/aromatic N) is 2. The monoisotopic (exact) mass is 362 g/mol. The van der Waals surface area contributed by atoms with Crippen molar-refractivity contribution in [2.24, 2.45) is 0 Å². The first-order valence-electron chi connectivity index (χ1n) is 8.64. The molecule has 1 saturated heterocycles. The third-order valence-corrected chi connectivity index (χ3v) is 4.23. The number of carbonyl (C=O) groups is 2. The van der Waals surface area contributed by atoms with E-state index in [0.717, 1.165) is 17.7 Å². The Labute approximate surface area is 155 Å². The predicted octanol–water partition coefficient (Wildman–Crippen LogP) is 2.42. The van der Waals surface area contributed by atoms with Crippen LogP contribution in [0.5, 0.6) is 0 Å². The van der Waals surface area contributed by atoms with Crippen molar-refractivity contribution in [3.8, 4) is 0 Å². The number of para-hydroxylation sites is 2. The highest BCUT2D eigenvalue weighted by molar-refractivity contribution is 6.01. The van der Waals surface area contributed by atoms with Gasteiger partial charge in [0.25, 0.3) is 0 Å². The topological polar surface area (TPSA) is 87.5 Å². The summed E-state index contributed by atoms with van der Waals surface area (Å²) < 4.78 is 5.54. The number of oxazole rings is 1. The lowest BCUT2D eigenvalue weighted by Crippen LogP contribution is -2.47. The molecule has 2 N–H and O–H groups in total. The molecule has 0 saturated carbocycles. The zero-order valence-corrected chi connectivity index (χ0v) is 14.5. The summed E-state index contributed by atoms with van der Waals surface area (Å²) in [5.41, 5.74) is 3.05. The molecule has 136 valence electrons. The summed E-state index contributed by atoms with van der Waals surface area (Å²) in [5.74, 6) is 0.121. The van der Waals surface area contributed by atoms with E-state index in [4.69, 9.17) is 4.42 Å². The zero-order valence-electron chi connectivity index (χ0n) is 14.5. The second-order valence-electron chi connectivity index (χ2n) is 6.16. The maximum atomic E-state index is 12.1. The van der Waals surface area contributed by atoms with Crippen molar-refractivity contribution in [2.45, 2.75) is 0 Å². The van der Waals surface area contributed by atoms with E-state index in [0.29, 0.717) is 30.3 Å². The maximum Gasteiger partial charge on any atom is 0.248 e. The number of piperazine rings is 1. The number of hydrogen-bond acceptors (Lipinski definition) is 5. The first-order chi connectivity index (χ1) is 13.2. The van der Waals surface area contributed by atoms with Crippen LogP contribution in [0, 0.1) is 0 Å². The summed E-state index contributed by atoms with van der Waals surface area (Å²) in [4.78, 5) is 29.9. The van der Waals surface area contributed by atoms with Crippen molar-refractivity contribution in [1.29, 1.82) is 0 Å². The van der Waals surface area contributed by atoms with Gasteiger partial charge in [0.1, 0.15) is 5.52 Å². The fraction of sp³-hybridized carbons (Fsp3) is 0.150. The number of carbonyl (C=O) groups excluding carboxylic acids is 2. The van der Waals surface area contributed by atoms with Gasteiger partial charge in [0, 0.05) is 36.6 Å². The highest BCUT2D eigenvalue weighted by Gasteiger charge is 2.16. The molecule has 1 aromatic heterocycles. The first-order valence-corrected chi connectivity index (χ1v) is 8.64. The Kier molecular flexibility index (Phi) is 4.57. The van der Waals surface area contributed by atoms with Crippen LogP contribution in [0.2, 0.25) is 0 Å².